The zero-order valence-electron chi connectivity index (χ0n) is 15.0. The third-order valence-electron chi connectivity index (χ3n) is 3.76. The lowest BCUT2D eigenvalue weighted by molar-refractivity contribution is -0.297. The second kappa shape index (κ2) is 9.18. The fourth-order valence-corrected chi connectivity index (χ4v) is 3.04. The number of H-pyrrole nitrogens is 1. The maximum atomic E-state index is 13.0. The number of aromatic amines is 1. The van der Waals surface area contributed by atoms with Crippen LogP contribution in [0.5, 0.6) is 5.75 Å². The first-order valence-electron chi connectivity index (χ1n) is 8.53. The number of thioether (sulfide) groups is 1. The van der Waals surface area contributed by atoms with Crippen LogP contribution in [0.1, 0.15) is 23.9 Å². The molecular weight excluding hydrogens is 381 g/mol. The van der Waals surface area contributed by atoms with Crippen LogP contribution in [0.15, 0.2) is 58.6 Å². The fourth-order valence-electron chi connectivity index (χ4n) is 2.32. The maximum Gasteiger partial charge on any atom is 0.213 e. The SMILES string of the molecule is CCc1nc(S/C(=C\c2ccccc2OCc2ccc(F)cc2)C(=O)[O-])n[nH]1. The molecule has 1 aromatic heterocycles. The van der Waals surface area contributed by atoms with Gasteiger partial charge in [-0.05, 0) is 41.6 Å². The minimum atomic E-state index is -1.33. The van der Waals surface area contributed by atoms with Gasteiger partial charge < -0.3 is 14.6 Å². The van der Waals surface area contributed by atoms with E-state index in [0.29, 0.717) is 28.7 Å². The number of nitrogens with one attached hydrogen (secondary N) is 1. The van der Waals surface area contributed by atoms with Gasteiger partial charge in [0.25, 0.3) is 0 Å². The van der Waals surface area contributed by atoms with E-state index in [4.69, 9.17) is 4.74 Å². The first kappa shape index (κ1) is 19.6. The van der Waals surface area contributed by atoms with Crippen molar-refractivity contribution in [3.63, 3.8) is 0 Å². The van der Waals surface area contributed by atoms with Gasteiger partial charge in [0.15, 0.2) is 0 Å². The molecule has 3 rings (SSSR count). The van der Waals surface area contributed by atoms with Gasteiger partial charge in [-0.3, -0.25) is 5.10 Å². The Hall–Kier alpha value is -3.13. The Kier molecular flexibility index (Phi) is 6.44. The molecule has 0 radical (unpaired) electrons. The number of nitrogens with zero attached hydrogens (tertiary/aromatic N) is 2. The largest absolute Gasteiger partial charge is 0.544 e. The van der Waals surface area contributed by atoms with Gasteiger partial charge in [0.2, 0.25) is 5.16 Å². The third-order valence-corrected chi connectivity index (χ3v) is 4.63. The van der Waals surface area contributed by atoms with Crippen molar-refractivity contribution in [1.29, 1.82) is 0 Å². The number of halogens is 1. The van der Waals surface area contributed by atoms with Gasteiger partial charge in [0, 0.05) is 16.9 Å². The Labute approximate surface area is 165 Å². The van der Waals surface area contributed by atoms with Gasteiger partial charge in [-0.15, -0.1) is 5.10 Å². The van der Waals surface area contributed by atoms with Crippen LogP contribution in [0.25, 0.3) is 6.08 Å². The molecule has 0 aliphatic heterocycles. The summed E-state index contributed by atoms with van der Waals surface area (Å²) in [4.78, 5) is 15.7. The normalized spacial score (nSPS) is 11.4. The summed E-state index contributed by atoms with van der Waals surface area (Å²) < 4.78 is 18.8. The van der Waals surface area contributed by atoms with E-state index < -0.39 is 5.97 Å². The molecule has 0 bridgehead atoms. The minimum Gasteiger partial charge on any atom is -0.544 e. The summed E-state index contributed by atoms with van der Waals surface area (Å²) >= 11 is 0.901. The van der Waals surface area contributed by atoms with Crippen molar-refractivity contribution in [2.24, 2.45) is 0 Å². The minimum absolute atomic E-state index is 0.0421. The highest BCUT2D eigenvalue weighted by molar-refractivity contribution is 8.04. The molecule has 0 saturated carbocycles. The molecule has 0 spiro atoms. The van der Waals surface area contributed by atoms with Crippen molar-refractivity contribution in [2.45, 2.75) is 25.1 Å². The number of carbonyl (C=O) groups is 1. The standard InChI is InChI=1S/C20H18FN3O3S/c1-2-18-22-20(24-23-18)28-17(19(25)26)11-14-5-3-4-6-16(14)27-12-13-7-9-15(21)10-8-13/h3-11H,2,12H2,1H3,(H,25,26)(H,22,23,24)/p-1/b17-11-. The molecule has 6 nitrogen and oxygen atoms in total. The number of para-hydroxylation sites is 1. The summed E-state index contributed by atoms with van der Waals surface area (Å²) in [6.07, 6.45) is 2.12. The molecule has 2 aromatic carbocycles. The van der Waals surface area contributed by atoms with Gasteiger partial charge in [0.05, 0.1) is 5.97 Å². The summed E-state index contributed by atoms with van der Waals surface area (Å²) in [5.74, 6) is -0.485. The molecule has 0 saturated heterocycles. The first-order chi connectivity index (χ1) is 13.5. The number of rotatable bonds is 8. The van der Waals surface area contributed by atoms with Crippen molar-refractivity contribution in [2.75, 3.05) is 0 Å². The molecule has 1 N–H and O–H groups in total. The van der Waals surface area contributed by atoms with E-state index in [2.05, 4.69) is 15.2 Å². The summed E-state index contributed by atoms with van der Waals surface area (Å²) in [6, 6.07) is 13.0. The first-order valence-corrected chi connectivity index (χ1v) is 9.35. The zero-order chi connectivity index (χ0) is 19.9. The molecule has 0 aliphatic rings. The highest BCUT2D eigenvalue weighted by Gasteiger charge is 2.10. The zero-order valence-corrected chi connectivity index (χ0v) is 15.8. The van der Waals surface area contributed by atoms with Crippen molar-refractivity contribution in [3.8, 4) is 5.75 Å². The van der Waals surface area contributed by atoms with E-state index in [9.17, 15) is 14.3 Å². The fraction of sp³-hybridized carbons (Fsp3) is 0.150. The van der Waals surface area contributed by atoms with Crippen LogP contribution in [0.4, 0.5) is 4.39 Å². The molecule has 8 heteroatoms. The molecule has 3 aromatic rings. The van der Waals surface area contributed by atoms with E-state index in [1.54, 1.807) is 36.4 Å². The number of hydrogen-bond donors (Lipinski definition) is 1. The van der Waals surface area contributed by atoms with E-state index in [1.165, 1.54) is 18.2 Å². The number of carbonyl (C=O) groups excluding carboxylic acids is 1. The number of aromatic nitrogens is 3. The van der Waals surface area contributed by atoms with Gasteiger partial charge in [-0.1, -0.05) is 37.3 Å². The number of aryl methyl sites for hydroxylation is 1. The van der Waals surface area contributed by atoms with Crippen LogP contribution in [0.3, 0.4) is 0 Å². The molecule has 144 valence electrons. The number of hydrogen-bond acceptors (Lipinski definition) is 6. The van der Waals surface area contributed by atoms with Crippen LogP contribution in [0.2, 0.25) is 0 Å². The Balaban J connectivity index is 1.80. The summed E-state index contributed by atoms with van der Waals surface area (Å²) in [6.45, 7) is 2.14. The monoisotopic (exact) mass is 398 g/mol. The van der Waals surface area contributed by atoms with Gasteiger partial charge in [-0.25, -0.2) is 9.37 Å². The number of aliphatic carboxylic acids is 1. The van der Waals surface area contributed by atoms with Crippen LogP contribution in [-0.2, 0) is 17.8 Å². The number of carboxylic acid groups (broad SMARTS) is 1. The molecular formula is C20H17FN3O3S-. The second-order valence-electron chi connectivity index (χ2n) is 5.77. The molecule has 0 unspecified atom stereocenters. The maximum absolute atomic E-state index is 13.0. The van der Waals surface area contributed by atoms with Gasteiger partial charge in [-0.2, -0.15) is 0 Å². The number of ether oxygens (including phenoxy) is 1. The number of carboxylic acids is 1. The Morgan fingerprint density at radius 1 is 1.25 bits per heavy atom. The van der Waals surface area contributed by atoms with E-state index in [0.717, 1.165) is 17.3 Å². The predicted molar refractivity (Wildman–Crippen MR) is 102 cm³/mol. The average molecular weight is 398 g/mol. The highest BCUT2D eigenvalue weighted by atomic mass is 32.2. The van der Waals surface area contributed by atoms with E-state index in [1.807, 2.05) is 6.92 Å². The molecule has 0 atom stereocenters. The number of benzene rings is 2. The lowest BCUT2D eigenvalue weighted by Crippen LogP contribution is -2.23. The van der Waals surface area contributed by atoms with Crippen molar-refractivity contribution >= 4 is 23.8 Å². The molecule has 0 fully saturated rings. The molecule has 0 amide bonds. The Bertz CT molecular complexity index is 986. The highest BCUT2D eigenvalue weighted by Crippen LogP contribution is 2.29. The van der Waals surface area contributed by atoms with Crippen molar-refractivity contribution in [1.82, 2.24) is 15.2 Å². The van der Waals surface area contributed by atoms with E-state index in [-0.39, 0.29) is 17.3 Å². The summed E-state index contributed by atoms with van der Waals surface area (Å²) in [7, 11) is 0. The molecule has 28 heavy (non-hydrogen) atoms. The lowest BCUT2D eigenvalue weighted by atomic mass is 10.2. The van der Waals surface area contributed by atoms with Crippen LogP contribution in [-0.4, -0.2) is 21.2 Å². The Morgan fingerprint density at radius 2 is 2.00 bits per heavy atom. The topological polar surface area (TPSA) is 90.9 Å². The van der Waals surface area contributed by atoms with Crippen LogP contribution < -0.4 is 9.84 Å². The summed E-state index contributed by atoms with van der Waals surface area (Å²) in [5, 5.41) is 18.6. The average Bonchev–Trinajstić information content (AvgIpc) is 3.15. The predicted octanol–water partition coefficient (Wildman–Crippen LogP) is 2.97. The van der Waals surface area contributed by atoms with Crippen LogP contribution >= 0.6 is 11.8 Å². The third kappa shape index (κ3) is 5.20. The van der Waals surface area contributed by atoms with Crippen LogP contribution in [0, 0.1) is 5.82 Å². The Morgan fingerprint density at radius 3 is 2.68 bits per heavy atom. The second-order valence-corrected chi connectivity index (χ2v) is 6.78. The molecule has 1 heterocycles. The molecule has 0 aliphatic carbocycles. The van der Waals surface area contributed by atoms with Gasteiger partial charge >= 0.3 is 0 Å². The quantitative estimate of drug-likeness (QED) is 0.463. The lowest BCUT2D eigenvalue weighted by Gasteiger charge is -2.11. The smallest absolute Gasteiger partial charge is 0.213 e. The van der Waals surface area contributed by atoms with Crippen molar-refractivity contribution in [3.05, 3.63) is 76.2 Å². The van der Waals surface area contributed by atoms with Crippen molar-refractivity contribution < 1.29 is 19.0 Å². The van der Waals surface area contributed by atoms with Gasteiger partial charge in [0.1, 0.15) is 24.0 Å². The van der Waals surface area contributed by atoms with E-state index >= 15 is 0 Å². The summed E-state index contributed by atoms with van der Waals surface area (Å²) in [5.41, 5.74) is 1.37.